The Morgan fingerprint density at radius 1 is 0.735 bits per heavy atom. The van der Waals surface area contributed by atoms with Gasteiger partial charge in [0.2, 0.25) is 0 Å². The van der Waals surface area contributed by atoms with Gasteiger partial charge in [0.25, 0.3) is 0 Å². The van der Waals surface area contributed by atoms with E-state index in [0.29, 0.717) is 49.7 Å². The molecular formula is C40H58O9. The minimum atomic E-state index is -0.985. The molecule has 2 aliphatic rings. The van der Waals surface area contributed by atoms with E-state index < -0.39 is 28.8 Å². The molecule has 0 bridgehead atoms. The van der Waals surface area contributed by atoms with Gasteiger partial charge < -0.3 is 33.9 Å². The van der Waals surface area contributed by atoms with Gasteiger partial charge in [-0.05, 0) is 79.3 Å². The highest BCUT2D eigenvalue weighted by atomic mass is 16.7. The summed E-state index contributed by atoms with van der Waals surface area (Å²) in [6, 6.07) is 7.38. The van der Waals surface area contributed by atoms with Crippen LogP contribution in [0.15, 0.2) is 24.3 Å². The first-order valence-corrected chi connectivity index (χ1v) is 17.3. The third-order valence-electron chi connectivity index (χ3n) is 9.74. The molecule has 2 heterocycles. The van der Waals surface area contributed by atoms with Crippen LogP contribution in [0.1, 0.15) is 114 Å². The molecule has 2 aliphatic heterocycles. The number of ether oxygens (including phenoxy) is 5. The molecule has 49 heavy (non-hydrogen) atoms. The summed E-state index contributed by atoms with van der Waals surface area (Å²) in [4.78, 5) is 26.5. The number of esters is 1. The highest BCUT2D eigenvalue weighted by molar-refractivity contribution is 6.01. The van der Waals surface area contributed by atoms with Crippen molar-refractivity contribution in [1.82, 2.24) is 0 Å². The monoisotopic (exact) mass is 682 g/mol. The first kappa shape index (κ1) is 38.8. The van der Waals surface area contributed by atoms with Crippen LogP contribution in [0.25, 0.3) is 0 Å². The maximum atomic E-state index is 13.8. The SMILES string of the molecule is Cc1cc(CCC(=O)OCC(C)(C)C2OCC3(CO2)COC(C(C)(C)C(=O)c2cc(C)c(O)c(C(C)(C)C)c2)OC3)cc(C(C)(C)C)c1O. The number of phenols is 2. The highest BCUT2D eigenvalue weighted by Crippen LogP contribution is 2.41. The van der Waals surface area contributed by atoms with Crippen molar-refractivity contribution in [1.29, 1.82) is 0 Å². The van der Waals surface area contributed by atoms with E-state index in [0.717, 1.165) is 22.3 Å². The molecule has 9 heteroatoms. The topological polar surface area (TPSA) is 121 Å². The van der Waals surface area contributed by atoms with E-state index >= 15 is 0 Å². The van der Waals surface area contributed by atoms with Gasteiger partial charge in [0.1, 0.15) is 18.1 Å². The van der Waals surface area contributed by atoms with Crippen LogP contribution >= 0.6 is 0 Å². The minimum absolute atomic E-state index is 0.123. The lowest BCUT2D eigenvalue weighted by molar-refractivity contribution is -0.331. The van der Waals surface area contributed by atoms with Crippen molar-refractivity contribution in [2.45, 2.75) is 119 Å². The summed E-state index contributed by atoms with van der Waals surface area (Å²) in [7, 11) is 0. The van der Waals surface area contributed by atoms with Gasteiger partial charge in [0.15, 0.2) is 18.4 Å². The Hall–Kier alpha value is -2.98. The van der Waals surface area contributed by atoms with E-state index in [-0.39, 0.29) is 41.4 Å². The van der Waals surface area contributed by atoms with Crippen LogP contribution in [0, 0.1) is 30.1 Å². The Labute approximate surface area is 292 Å². The summed E-state index contributed by atoms with van der Waals surface area (Å²) in [5, 5.41) is 21.2. The van der Waals surface area contributed by atoms with Gasteiger partial charge >= 0.3 is 5.97 Å². The third-order valence-corrected chi connectivity index (χ3v) is 9.74. The molecular weight excluding hydrogens is 624 g/mol. The Morgan fingerprint density at radius 2 is 1.20 bits per heavy atom. The lowest BCUT2D eigenvalue weighted by atomic mass is 9.78. The highest BCUT2D eigenvalue weighted by Gasteiger charge is 2.49. The van der Waals surface area contributed by atoms with Crippen LogP contribution in [0.4, 0.5) is 0 Å². The summed E-state index contributed by atoms with van der Waals surface area (Å²) in [6.07, 6.45) is -0.626. The van der Waals surface area contributed by atoms with Gasteiger partial charge in [-0.1, -0.05) is 67.5 Å². The Bertz CT molecular complexity index is 1520. The minimum Gasteiger partial charge on any atom is -0.507 e. The smallest absolute Gasteiger partial charge is 0.306 e. The molecule has 0 amide bonds. The second kappa shape index (κ2) is 14.0. The molecule has 0 aromatic heterocycles. The van der Waals surface area contributed by atoms with Crippen LogP contribution in [-0.2, 0) is 45.7 Å². The first-order valence-electron chi connectivity index (χ1n) is 17.3. The van der Waals surface area contributed by atoms with E-state index in [1.165, 1.54) is 0 Å². The fourth-order valence-electron chi connectivity index (χ4n) is 6.41. The van der Waals surface area contributed by atoms with E-state index in [9.17, 15) is 19.8 Å². The summed E-state index contributed by atoms with van der Waals surface area (Å²) in [6.45, 7) is 24.8. The number of benzene rings is 2. The standard InChI is InChI=1S/C40H58O9/c1-24-15-26(17-28(31(24)42)36(3,4)5)13-14-30(41)45-19-38(9,10)34-46-20-40(21-47-34)22-48-35(49-23-40)39(11,12)33(44)27-16-25(2)32(43)29(18-27)37(6,7)8/h15-18,34-35,42-43H,13-14,19-23H2,1-12H3. The van der Waals surface area contributed by atoms with Gasteiger partial charge in [-0.25, -0.2) is 0 Å². The largest absolute Gasteiger partial charge is 0.507 e. The van der Waals surface area contributed by atoms with Crippen molar-refractivity contribution >= 4 is 11.8 Å². The maximum absolute atomic E-state index is 13.8. The van der Waals surface area contributed by atoms with Crippen molar-refractivity contribution in [3.05, 3.63) is 57.6 Å². The molecule has 0 unspecified atom stereocenters. The Balaban J connectivity index is 1.28. The van der Waals surface area contributed by atoms with Crippen molar-refractivity contribution in [2.24, 2.45) is 16.2 Å². The van der Waals surface area contributed by atoms with Crippen molar-refractivity contribution in [2.75, 3.05) is 33.0 Å². The summed E-state index contributed by atoms with van der Waals surface area (Å²) in [5.74, 6) is 0.0804. The molecule has 2 fully saturated rings. The number of carbonyl (C=O) groups excluding carboxylic acids is 2. The number of carbonyl (C=O) groups is 2. The number of hydrogen-bond donors (Lipinski definition) is 2. The molecule has 0 radical (unpaired) electrons. The maximum Gasteiger partial charge on any atom is 0.306 e. The summed E-state index contributed by atoms with van der Waals surface area (Å²) >= 11 is 0. The van der Waals surface area contributed by atoms with E-state index in [2.05, 4.69) is 20.8 Å². The van der Waals surface area contributed by atoms with Crippen molar-refractivity contribution < 1.29 is 43.5 Å². The number of aromatic hydroxyl groups is 2. The molecule has 0 saturated carbocycles. The Morgan fingerprint density at radius 3 is 1.71 bits per heavy atom. The average Bonchev–Trinajstić information content (AvgIpc) is 3.00. The van der Waals surface area contributed by atoms with Crippen LogP contribution in [-0.4, -0.2) is 67.6 Å². The molecule has 2 N–H and O–H groups in total. The third kappa shape index (κ3) is 8.67. The van der Waals surface area contributed by atoms with Gasteiger partial charge in [0, 0.05) is 23.0 Å². The number of rotatable bonds is 9. The second-order valence-corrected chi connectivity index (χ2v) is 17.6. The Kier molecular flexibility index (Phi) is 11.1. The van der Waals surface area contributed by atoms with Gasteiger partial charge in [0.05, 0.1) is 37.3 Å². The molecule has 2 saturated heterocycles. The van der Waals surface area contributed by atoms with Gasteiger partial charge in [-0.2, -0.15) is 0 Å². The quantitative estimate of drug-likeness (QED) is 0.205. The molecule has 2 aromatic rings. The molecule has 0 aliphatic carbocycles. The molecule has 2 aromatic carbocycles. The molecule has 1 spiro atoms. The van der Waals surface area contributed by atoms with Crippen LogP contribution in [0.3, 0.4) is 0 Å². The molecule has 272 valence electrons. The lowest BCUT2D eigenvalue weighted by Gasteiger charge is -2.48. The second-order valence-electron chi connectivity index (χ2n) is 17.6. The summed E-state index contributed by atoms with van der Waals surface area (Å²) in [5.41, 5.74) is 1.86. The first-order chi connectivity index (χ1) is 22.5. The van der Waals surface area contributed by atoms with E-state index in [4.69, 9.17) is 23.7 Å². The number of phenolic OH excluding ortho intramolecular Hbond substituents is 2. The average molecular weight is 683 g/mol. The fraction of sp³-hybridized carbons (Fsp3) is 0.650. The normalized spacial score (nSPS) is 22.3. The zero-order valence-electron chi connectivity index (χ0n) is 31.7. The lowest BCUT2D eigenvalue weighted by Crippen LogP contribution is -2.57. The van der Waals surface area contributed by atoms with Crippen molar-refractivity contribution in [3.8, 4) is 11.5 Å². The predicted octanol–water partition coefficient (Wildman–Crippen LogP) is 7.45. The molecule has 4 rings (SSSR count). The van der Waals surface area contributed by atoms with E-state index in [1.807, 2.05) is 67.5 Å². The zero-order chi connectivity index (χ0) is 36.7. The number of hydrogen-bond acceptors (Lipinski definition) is 9. The van der Waals surface area contributed by atoms with E-state index in [1.54, 1.807) is 19.1 Å². The number of ketones is 1. The summed E-state index contributed by atoms with van der Waals surface area (Å²) < 4.78 is 30.4. The zero-order valence-corrected chi connectivity index (χ0v) is 31.7. The number of aryl methyl sites for hydroxylation is 3. The molecule has 0 atom stereocenters. The predicted molar refractivity (Wildman–Crippen MR) is 188 cm³/mol. The van der Waals surface area contributed by atoms with Crippen LogP contribution in [0.2, 0.25) is 0 Å². The van der Waals surface area contributed by atoms with Crippen LogP contribution < -0.4 is 0 Å². The fourth-order valence-corrected chi connectivity index (χ4v) is 6.41. The van der Waals surface area contributed by atoms with Gasteiger partial charge in [-0.3, -0.25) is 9.59 Å². The van der Waals surface area contributed by atoms with Gasteiger partial charge in [-0.15, -0.1) is 0 Å². The molecule has 9 nitrogen and oxygen atoms in total. The van der Waals surface area contributed by atoms with Crippen LogP contribution in [0.5, 0.6) is 11.5 Å². The van der Waals surface area contributed by atoms with Crippen molar-refractivity contribution in [3.63, 3.8) is 0 Å². The number of Topliss-reactive ketones (excluding diaryl/α,β-unsaturated/α-hetero) is 1.